The van der Waals surface area contributed by atoms with E-state index in [-0.39, 0.29) is 22.0 Å². The molecule has 0 bridgehead atoms. The number of fused-ring (bicyclic) bond motifs is 1. The van der Waals surface area contributed by atoms with E-state index in [0.717, 1.165) is 22.4 Å². The summed E-state index contributed by atoms with van der Waals surface area (Å²) in [5.41, 5.74) is -0.237. The van der Waals surface area contributed by atoms with Crippen LogP contribution in [0.4, 0.5) is 8.78 Å². The quantitative estimate of drug-likeness (QED) is 0.339. The molecule has 0 atom stereocenters. The summed E-state index contributed by atoms with van der Waals surface area (Å²) in [5.74, 6) is -0.500. The van der Waals surface area contributed by atoms with Crippen molar-refractivity contribution in [3.05, 3.63) is 75.1 Å². The molecule has 0 aliphatic heterocycles. The molecule has 4 aromatic rings. The van der Waals surface area contributed by atoms with E-state index < -0.39 is 17.2 Å². The summed E-state index contributed by atoms with van der Waals surface area (Å²) in [5, 5.41) is 4.59. The Balaban J connectivity index is 1.86. The highest BCUT2D eigenvalue weighted by atomic mass is 35.5. The van der Waals surface area contributed by atoms with E-state index >= 15 is 0 Å². The van der Waals surface area contributed by atoms with E-state index in [1.165, 1.54) is 12.1 Å². The number of nitrogens with zero attached hydrogens (tertiary/aromatic N) is 4. The van der Waals surface area contributed by atoms with Crippen molar-refractivity contribution in [3.63, 3.8) is 0 Å². The maximum Gasteiger partial charge on any atom is 0.266 e. The van der Waals surface area contributed by atoms with Gasteiger partial charge in [-0.1, -0.05) is 35.4 Å². The second-order valence-electron chi connectivity index (χ2n) is 6.04. The van der Waals surface area contributed by atoms with Crippen LogP contribution in [0.25, 0.3) is 16.6 Å². The summed E-state index contributed by atoms with van der Waals surface area (Å²) in [6, 6.07) is 7.66. The molecular formula is C19H13ClF2N4O2S. The average Bonchev–Trinajstić information content (AvgIpc) is 3.16. The zero-order valence-electron chi connectivity index (χ0n) is 15.0. The number of hydrogen-bond donors (Lipinski definition) is 0. The van der Waals surface area contributed by atoms with Crippen LogP contribution in [0.15, 0.2) is 50.9 Å². The van der Waals surface area contributed by atoms with Crippen molar-refractivity contribution >= 4 is 34.3 Å². The van der Waals surface area contributed by atoms with Crippen molar-refractivity contribution in [2.24, 2.45) is 0 Å². The lowest BCUT2D eigenvalue weighted by atomic mass is 10.2. The number of rotatable bonds is 5. The first kappa shape index (κ1) is 19.5. The van der Waals surface area contributed by atoms with Crippen LogP contribution in [0, 0.1) is 11.6 Å². The predicted octanol–water partition coefficient (Wildman–Crippen LogP) is 4.56. The van der Waals surface area contributed by atoms with Gasteiger partial charge in [0.2, 0.25) is 5.89 Å². The van der Waals surface area contributed by atoms with Gasteiger partial charge in [-0.05, 0) is 30.3 Å². The van der Waals surface area contributed by atoms with Crippen molar-refractivity contribution < 1.29 is 13.3 Å². The van der Waals surface area contributed by atoms with E-state index in [9.17, 15) is 13.6 Å². The number of hydrogen-bond acceptors (Lipinski definition) is 6. The Kier molecular flexibility index (Phi) is 5.33. The first-order valence-corrected chi connectivity index (χ1v) is 9.94. The average molecular weight is 435 g/mol. The molecule has 0 unspecified atom stereocenters. The topological polar surface area (TPSA) is 73.8 Å². The fourth-order valence-electron chi connectivity index (χ4n) is 2.73. The SMILES string of the molecule is CCc1noc(CSc2nc3ccc(Cl)cc3c(=O)n2-c2ccc(F)cc2F)n1. The minimum Gasteiger partial charge on any atom is -0.338 e. The summed E-state index contributed by atoms with van der Waals surface area (Å²) >= 11 is 7.13. The summed E-state index contributed by atoms with van der Waals surface area (Å²) in [4.78, 5) is 21.8. The Morgan fingerprint density at radius 2 is 2.00 bits per heavy atom. The number of halogens is 3. The van der Waals surface area contributed by atoms with Crippen molar-refractivity contribution in [1.82, 2.24) is 19.7 Å². The fourth-order valence-corrected chi connectivity index (χ4v) is 3.74. The van der Waals surface area contributed by atoms with Crippen molar-refractivity contribution in [3.8, 4) is 5.69 Å². The van der Waals surface area contributed by atoms with Gasteiger partial charge in [-0.25, -0.2) is 13.8 Å². The van der Waals surface area contributed by atoms with Crippen LogP contribution in [0.3, 0.4) is 0 Å². The summed E-state index contributed by atoms with van der Waals surface area (Å²) in [6.45, 7) is 1.90. The van der Waals surface area contributed by atoms with Crippen molar-refractivity contribution in [1.29, 1.82) is 0 Å². The Labute approximate surface area is 172 Å². The molecule has 0 fully saturated rings. The predicted molar refractivity (Wildman–Crippen MR) is 106 cm³/mol. The lowest BCUT2D eigenvalue weighted by Gasteiger charge is -2.13. The van der Waals surface area contributed by atoms with E-state index in [1.807, 2.05) is 6.92 Å². The second kappa shape index (κ2) is 7.92. The normalized spacial score (nSPS) is 11.3. The Morgan fingerprint density at radius 3 is 2.72 bits per heavy atom. The van der Waals surface area contributed by atoms with Crippen molar-refractivity contribution in [2.45, 2.75) is 24.3 Å². The van der Waals surface area contributed by atoms with E-state index in [0.29, 0.717) is 34.7 Å². The molecule has 2 aromatic heterocycles. The largest absolute Gasteiger partial charge is 0.338 e. The fraction of sp³-hybridized carbons (Fsp3) is 0.158. The van der Waals surface area contributed by atoms with Crippen LogP contribution in [0.1, 0.15) is 18.6 Å². The zero-order valence-corrected chi connectivity index (χ0v) is 16.6. The van der Waals surface area contributed by atoms with Gasteiger partial charge in [-0.15, -0.1) is 0 Å². The van der Waals surface area contributed by atoms with Gasteiger partial charge >= 0.3 is 0 Å². The minimum absolute atomic E-state index is 0.118. The molecule has 0 spiro atoms. The molecule has 10 heteroatoms. The third-order valence-electron chi connectivity index (χ3n) is 4.10. The second-order valence-corrected chi connectivity index (χ2v) is 7.42. The van der Waals surface area contributed by atoms with E-state index in [4.69, 9.17) is 16.1 Å². The van der Waals surface area contributed by atoms with Gasteiger partial charge in [0.15, 0.2) is 11.0 Å². The number of thioether (sulfide) groups is 1. The summed E-state index contributed by atoms with van der Waals surface area (Å²) in [6.07, 6.45) is 0.620. The molecule has 4 rings (SSSR count). The third-order valence-corrected chi connectivity index (χ3v) is 5.26. The van der Waals surface area contributed by atoms with Crippen LogP contribution in [0.5, 0.6) is 0 Å². The monoisotopic (exact) mass is 434 g/mol. The van der Waals surface area contributed by atoms with Crippen LogP contribution in [0.2, 0.25) is 5.02 Å². The van der Waals surface area contributed by atoms with Gasteiger partial charge in [-0.2, -0.15) is 4.98 Å². The maximum atomic E-state index is 14.5. The van der Waals surface area contributed by atoms with Crippen LogP contribution in [-0.2, 0) is 12.2 Å². The molecule has 0 aliphatic rings. The Bertz CT molecular complexity index is 1280. The van der Waals surface area contributed by atoms with Gasteiger partial charge in [0.1, 0.15) is 11.6 Å². The molecule has 6 nitrogen and oxygen atoms in total. The summed E-state index contributed by atoms with van der Waals surface area (Å²) in [7, 11) is 0. The van der Waals surface area contributed by atoms with E-state index in [1.54, 1.807) is 12.1 Å². The van der Waals surface area contributed by atoms with Crippen molar-refractivity contribution in [2.75, 3.05) is 0 Å². The lowest BCUT2D eigenvalue weighted by Crippen LogP contribution is -2.22. The molecule has 2 aromatic carbocycles. The van der Waals surface area contributed by atoms with Gasteiger partial charge in [0.05, 0.1) is 22.3 Å². The van der Waals surface area contributed by atoms with Crippen LogP contribution < -0.4 is 5.56 Å². The Hall–Kier alpha value is -2.78. The molecule has 0 radical (unpaired) electrons. The number of aromatic nitrogens is 4. The molecule has 148 valence electrons. The Morgan fingerprint density at radius 1 is 1.17 bits per heavy atom. The minimum atomic E-state index is -0.886. The number of benzene rings is 2. The standard InChI is InChI=1S/C19H13ClF2N4O2S/c1-2-16-24-17(28-25-16)9-29-19-23-14-5-3-10(20)7-12(14)18(27)26(19)15-6-4-11(21)8-13(15)22/h3-8H,2,9H2,1H3. The van der Waals surface area contributed by atoms with Gasteiger partial charge in [0.25, 0.3) is 5.56 Å². The van der Waals surface area contributed by atoms with Gasteiger partial charge in [0, 0.05) is 17.5 Å². The molecule has 0 N–H and O–H groups in total. The zero-order chi connectivity index (χ0) is 20.5. The first-order chi connectivity index (χ1) is 14.0. The molecule has 0 saturated carbocycles. The van der Waals surface area contributed by atoms with E-state index in [2.05, 4.69) is 15.1 Å². The maximum absolute atomic E-state index is 14.5. The first-order valence-electron chi connectivity index (χ1n) is 8.58. The third kappa shape index (κ3) is 3.88. The molecule has 2 heterocycles. The van der Waals surface area contributed by atoms with Crippen LogP contribution in [-0.4, -0.2) is 19.7 Å². The van der Waals surface area contributed by atoms with Gasteiger partial charge < -0.3 is 4.52 Å². The lowest BCUT2D eigenvalue weighted by molar-refractivity contribution is 0.385. The smallest absolute Gasteiger partial charge is 0.266 e. The van der Waals surface area contributed by atoms with Gasteiger partial charge in [-0.3, -0.25) is 9.36 Å². The highest BCUT2D eigenvalue weighted by Crippen LogP contribution is 2.26. The molecule has 0 aliphatic carbocycles. The molecular weight excluding hydrogens is 422 g/mol. The molecule has 0 amide bonds. The summed E-state index contributed by atoms with van der Waals surface area (Å²) < 4.78 is 34.1. The number of aryl methyl sites for hydroxylation is 1. The highest BCUT2D eigenvalue weighted by molar-refractivity contribution is 7.98. The molecule has 0 saturated heterocycles. The van der Waals surface area contributed by atoms with Crippen LogP contribution >= 0.6 is 23.4 Å². The highest BCUT2D eigenvalue weighted by Gasteiger charge is 2.18. The molecule has 29 heavy (non-hydrogen) atoms.